The lowest BCUT2D eigenvalue weighted by atomic mass is 10.00. The summed E-state index contributed by atoms with van der Waals surface area (Å²) in [6, 6.07) is 0. The van der Waals surface area contributed by atoms with Gasteiger partial charge in [0, 0.05) is 45.3 Å². The van der Waals surface area contributed by atoms with Gasteiger partial charge >= 0.3 is 0 Å². The lowest BCUT2D eigenvalue weighted by Gasteiger charge is -2.18. The first-order valence-electron chi connectivity index (χ1n) is 8.99. The van der Waals surface area contributed by atoms with E-state index in [1.54, 1.807) is 11.7 Å². The minimum absolute atomic E-state index is 0. The number of carbonyl (C=O) groups is 1. The van der Waals surface area contributed by atoms with Crippen molar-refractivity contribution in [2.24, 2.45) is 18.9 Å². The summed E-state index contributed by atoms with van der Waals surface area (Å²) in [7, 11) is 1.79. The summed E-state index contributed by atoms with van der Waals surface area (Å²) in [5.41, 5.74) is 3.43. The topological polar surface area (TPSA) is 83.0 Å². The van der Waals surface area contributed by atoms with E-state index in [0.29, 0.717) is 35.7 Å². The van der Waals surface area contributed by atoms with Crippen LogP contribution in [-0.2, 0) is 18.3 Å². The van der Waals surface area contributed by atoms with Crippen LogP contribution in [0.3, 0.4) is 0 Å². The Morgan fingerprint density at radius 2 is 1.81 bits per heavy atom. The van der Waals surface area contributed by atoms with Crippen molar-refractivity contribution >= 4 is 41.8 Å². The van der Waals surface area contributed by atoms with Crippen LogP contribution in [0.15, 0.2) is 4.79 Å². The van der Waals surface area contributed by atoms with Gasteiger partial charge in [-0.05, 0) is 43.2 Å². The molecule has 0 saturated carbocycles. The van der Waals surface area contributed by atoms with Crippen LogP contribution < -0.4 is 10.9 Å². The fraction of sp³-hybridized carbons (Fsp3) is 0.611. The van der Waals surface area contributed by atoms with Crippen LogP contribution in [0.5, 0.6) is 0 Å². The maximum atomic E-state index is 12.6. The average Bonchev–Trinajstić information content (AvgIpc) is 3.21. The molecule has 0 unspecified atom stereocenters. The van der Waals surface area contributed by atoms with Gasteiger partial charge in [0.25, 0.3) is 5.56 Å². The first-order valence-corrected chi connectivity index (χ1v) is 8.99. The van der Waals surface area contributed by atoms with Crippen molar-refractivity contribution in [3.8, 4) is 0 Å². The molecule has 2 aliphatic rings. The van der Waals surface area contributed by atoms with Crippen molar-refractivity contribution in [3.05, 3.63) is 27.2 Å². The second kappa shape index (κ2) is 8.20. The highest BCUT2D eigenvalue weighted by Crippen LogP contribution is 2.27. The fourth-order valence-electron chi connectivity index (χ4n) is 4.47. The summed E-state index contributed by atoms with van der Waals surface area (Å²) in [5.74, 6) is 1.46. The van der Waals surface area contributed by atoms with Crippen LogP contribution >= 0.6 is 24.8 Å². The van der Waals surface area contributed by atoms with Gasteiger partial charge in [0.05, 0.1) is 5.39 Å². The Balaban J connectivity index is 0.00000131. The third-order valence-corrected chi connectivity index (χ3v) is 5.91. The molecule has 7 nitrogen and oxygen atoms in total. The van der Waals surface area contributed by atoms with Crippen molar-refractivity contribution in [2.45, 2.75) is 26.7 Å². The number of amides is 1. The van der Waals surface area contributed by atoms with Gasteiger partial charge < -0.3 is 10.2 Å². The maximum absolute atomic E-state index is 12.6. The van der Waals surface area contributed by atoms with E-state index in [1.807, 2.05) is 18.7 Å². The molecule has 2 fully saturated rings. The van der Waals surface area contributed by atoms with Gasteiger partial charge in [0.2, 0.25) is 5.91 Å². The molecule has 1 amide bonds. The van der Waals surface area contributed by atoms with Gasteiger partial charge in [0.1, 0.15) is 0 Å². The van der Waals surface area contributed by atoms with E-state index in [1.165, 1.54) is 0 Å². The fourth-order valence-corrected chi connectivity index (χ4v) is 4.47. The molecule has 27 heavy (non-hydrogen) atoms. The van der Waals surface area contributed by atoms with Crippen LogP contribution in [0.2, 0.25) is 0 Å². The first kappa shape index (κ1) is 21.7. The quantitative estimate of drug-likeness (QED) is 0.791. The standard InChI is InChI=1S/C18H25N5O2.2ClH/c1-10-14(11(2)20-17-16(10)18(25)21-22(17)3)4-5-15(24)23-8-12-6-19-7-13(12)9-23;;/h12-13,19H,4-9H2,1-3H3,(H,21,25);2*1H/t12-,13+;;. The molecule has 2 atom stereocenters. The third kappa shape index (κ3) is 3.73. The zero-order chi connectivity index (χ0) is 17.7. The molecule has 4 rings (SSSR count). The van der Waals surface area contributed by atoms with E-state index in [9.17, 15) is 9.59 Å². The summed E-state index contributed by atoms with van der Waals surface area (Å²) in [5, 5.41) is 6.80. The van der Waals surface area contributed by atoms with Gasteiger partial charge in [-0.15, -0.1) is 24.8 Å². The van der Waals surface area contributed by atoms with E-state index in [0.717, 1.165) is 43.0 Å². The van der Waals surface area contributed by atoms with E-state index in [4.69, 9.17) is 0 Å². The third-order valence-electron chi connectivity index (χ3n) is 5.91. The Morgan fingerprint density at radius 3 is 2.44 bits per heavy atom. The van der Waals surface area contributed by atoms with E-state index in [2.05, 4.69) is 15.4 Å². The number of nitrogens with one attached hydrogen (secondary N) is 2. The number of aromatic amines is 1. The largest absolute Gasteiger partial charge is 0.342 e. The lowest BCUT2D eigenvalue weighted by molar-refractivity contribution is -0.130. The molecule has 2 aromatic heterocycles. The summed E-state index contributed by atoms with van der Waals surface area (Å²) in [6.45, 7) is 7.73. The van der Waals surface area contributed by atoms with E-state index < -0.39 is 0 Å². The van der Waals surface area contributed by atoms with Crippen LogP contribution in [-0.4, -0.2) is 51.8 Å². The Bertz CT molecular complexity index is 895. The summed E-state index contributed by atoms with van der Waals surface area (Å²) >= 11 is 0. The number of fused-ring (bicyclic) bond motifs is 2. The molecule has 2 aliphatic heterocycles. The highest BCUT2D eigenvalue weighted by Gasteiger charge is 2.37. The first-order chi connectivity index (χ1) is 12.0. The predicted molar refractivity (Wildman–Crippen MR) is 110 cm³/mol. The van der Waals surface area contributed by atoms with Crippen molar-refractivity contribution in [3.63, 3.8) is 0 Å². The Labute approximate surface area is 170 Å². The van der Waals surface area contributed by atoms with Crippen LogP contribution in [0, 0.1) is 25.7 Å². The molecule has 9 heteroatoms. The number of nitrogens with zero attached hydrogens (tertiary/aromatic N) is 3. The molecule has 2 saturated heterocycles. The zero-order valence-electron chi connectivity index (χ0n) is 15.9. The SMILES string of the molecule is Cc1nc2c(c(C)c1CCC(=O)N1C[C@H]3CNC[C@H]3C1)c(=O)[nH]n2C.Cl.Cl. The highest BCUT2D eigenvalue weighted by molar-refractivity contribution is 5.85. The van der Waals surface area contributed by atoms with Gasteiger partial charge in [-0.3, -0.25) is 19.4 Å². The summed E-state index contributed by atoms with van der Waals surface area (Å²) in [4.78, 5) is 31.4. The number of rotatable bonds is 3. The van der Waals surface area contributed by atoms with Crippen molar-refractivity contribution in [1.29, 1.82) is 0 Å². The van der Waals surface area contributed by atoms with Gasteiger partial charge in [-0.1, -0.05) is 0 Å². The molecule has 0 aromatic carbocycles. The molecule has 2 aromatic rings. The molecule has 0 bridgehead atoms. The lowest BCUT2D eigenvalue weighted by Crippen LogP contribution is -2.32. The normalized spacial score (nSPS) is 21.1. The van der Waals surface area contributed by atoms with Crippen LogP contribution in [0.4, 0.5) is 0 Å². The molecule has 0 spiro atoms. The number of hydrogen-bond donors (Lipinski definition) is 2. The van der Waals surface area contributed by atoms with Crippen molar-refractivity contribution in [2.75, 3.05) is 26.2 Å². The highest BCUT2D eigenvalue weighted by atomic mass is 35.5. The molecule has 4 heterocycles. The number of aromatic nitrogens is 3. The second-order valence-corrected chi connectivity index (χ2v) is 7.48. The predicted octanol–water partition coefficient (Wildman–Crippen LogP) is 1.33. The molecule has 0 aliphatic carbocycles. The number of pyridine rings is 1. The summed E-state index contributed by atoms with van der Waals surface area (Å²) in [6.07, 6.45) is 1.12. The van der Waals surface area contributed by atoms with Crippen LogP contribution in [0.25, 0.3) is 11.0 Å². The number of hydrogen-bond acceptors (Lipinski definition) is 4. The number of H-pyrrole nitrogens is 1. The minimum atomic E-state index is -0.116. The minimum Gasteiger partial charge on any atom is -0.342 e. The Kier molecular flexibility index (Phi) is 6.60. The van der Waals surface area contributed by atoms with E-state index >= 15 is 0 Å². The second-order valence-electron chi connectivity index (χ2n) is 7.48. The zero-order valence-corrected chi connectivity index (χ0v) is 17.5. The van der Waals surface area contributed by atoms with Crippen LogP contribution in [0.1, 0.15) is 23.2 Å². The van der Waals surface area contributed by atoms with E-state index in [-0.39, 0.29) is 36.3 Å². The molecular formula is C18H27Cl2N5O2. The summed E-state index contributed by atoms with van der Waals surface area (Å²) < 4.78 is 1.66. The number of carbonyl (C=O) groups excluding carboxylic acids is 1. The average molecular weight is 416 g/mol. The smallest absolute Gasteiger partial charge is 0.273 e. The number of likely N-dealkylation sites (tertiary alicyclic amines) is 1. The molecule has 2 N–H and O–H groups in total. The maximum Gasteiger partial charge on any atom is 0.273 e. The Morgan fingerprint density at radius 1 is 1.19 bits per heavy atom. The van der Waals surface area contributed by atoms with Gasteiger partial charge in [0.15, 0.2) is 5.65 Å². The molecule has 0 radical (unpaired) electrons. The van der Waals surface area contributed by atoms with Crippen molar-refractivity contribution < 1.29 is 4.79 Å². The number of aryl methyl sites for hydroxylation is 3. The Hall–Kier alpha value is -1.57. The van der Waals surface area contributed by atoms with Gasteiger partial charge in [-0.2, -0.15) is 0 Å². The number of halogens is 2. The monoisotopic (exact) mass is 415 g/mol. The van der Waals surface area contributed by atoms with Crippen molar-refractivity contribution in [1.82, 2.24) is 25.0 Å². The van der Waals surface area contributed by atoms with Gasteiger partial charge in [-0.25, -0.2) is 4.98 Å². The molecule has 150 valence electrons. The molecular weight excluding hydrogens is 389 g/mol.